The standard InChI is InChI=1S/C14H21NO4/c1-9(2)12-7-11(14(16)17)8-13(15-12)19-6-5-18-10(3)4/h7-10H,5-6H2,1-4H3,(H,16,17). The lowest BCUT2D eigenvalue weighted by Gasteiger charge is -2.11. The van der Waals surface area contributed by atoms with E-state index in [0.717, 1.165) is 0 Å². The Morgan fingerprint density at radius 1 is 1.26 bits per heavy atom. The minimum atomic E-state index is -0.979. The Bertz CT molecular complexity index is 429. The highest BCUT2D eigenvalue weighted by molar-refractivity contribution is 5.88. The summed E-state index contributed by atoms with van der Waals surface area (Å²) < 4.78 is 10.8. The Morgan fingerprint density at radius 3 is 2.47 bits per heavy atom. The number of nitrogens with zero attached hydrogens (tertiary/aromatic N) is 1. The number of aromatic carboxylic acids is 1. The van der Waals surface area contributed by atoms with Gasteiger partial charge in [-0.1, -0.05) is 13.8 Å². The Balaban J connectivity index is 2.73. The molecule has 1 rings (SSSR count). The molecule has 0 saturated heterocycles. The van der Waals surface area contributed by atoms with Crippen LogP contribution in [0.3, 0.4) is 0 Å². The Hall–Kier alpha value is -1.62. The fourth-order valence-electron chi connectivity index (χ4n) is 1.45. The van der Waals surface area contributed by atoms with Gasteiger partial charge in [-0.05, 0) is 25.8 Å². The molecule has 5 nitrogen and oxygen atoms in total. The summed E-state index contributed by atoms with van der Waals surface area (Å²) >= 11 is 0. The van der Waals surface area contributed by atoms with Crippen LogP contribution in [0.25, 0.3) is 0 Å². The summed E-state index contributed by atoms with van der Waals surface area (Å²) in [7, 11) is 0. The van der Waals surface area contributed by atoms with Gasteiger partial charge in [0.05, 0.1) is 18.3 Å². The minimum Gasteiger partial charge on any atom is -0.478 e. The zero-order valence-corrected chi connectivity index (χ0v) is 11.8. The van der Waals surface area contributed by atoms with Crippen molar-refractivity contribution in [2.45, 2.75) is 39.7 Å². The first-order chi connectivity index (χ1) is 8.90. The van der Waals surface area contributed by atoms with Crippen LogP contribution in [0.1, 0.15) is 49.7 Å². The second-order valence-corrected chi connectivity index (χ2v) is 4.85. The molecule has 19 heavy (non-hydrogen) atoms. The van der Waals surface area contributed by atoms with Gasteiger partial charge in [0.1, 0.15) is 6.61 Å². The molecule has 0 fully saturated rings. The van der Waals surface area contributed by atoms with Gasteiger partial charge in [0, 0.05) is 11.8 Å². The van der Waals surface area contributed by atoms with Crippen molar-refractivity contribution in [3.05, 3.63) is 23.4 Å². The van der Waals surface area contributed by atoms with E-state index in [-0.39, 0.29) is 17.6 Å². The zero-order valence-electron chi connectivity index (χ0n) is 11.8. The van der Waals surface area contributed by atoms with E-state index < -0.39 is 5.97 Å². The van der Waals surface area contributed by atoms with E-state index in [2.05, 4.69) is 4.98 Å². The molecule has 0 bridgehead atoms. The van der Waals surface area contributed by atoms with Crippen molar-refractivity contribution < 1.29 is 19.4 Å². The molecule has 1 aromatic rings. The molecule has 1 aromatic heterocycles. The first-order valence-corrected chi connectivity index (χ1v) is 6.39. The Morgan fingerprint density at radius 2 is 1.95 bits per heavy atom. The van der Waals surface area contributed by atoms with Crippen molar-refractivity contribution in [2.24, 2.45) is 0 Å². The normalized spacial score (nSPS) is 11.1. The lowest BCUT2D eigenvalue weighted by Crippen LogP contribution is -2.12. The van der Waals surface area contributed by atoms with Gasteiger partial charge < -0.3 is 14.6 Å². The van der Waals surface area contributed by atoms with E-state index in [9.17, 15) is 4.79 Å². The molecule has 106 valence electrons. The summed E-state index contributed by atoms with van der Waals surface area (Å²) in [5, 5.41) is 9.05. The van der Waals surface area contributed by atoms with E-state index in [4.69, 9.17) is 14.6 Å². The van der Waals surface area contributed by atoms with Crippen molar-refractivity contribution in [1.82, 2.24) is 4.98 Å². The Kier molecular flexibility index (Phi) is 5.76. The van der Waals surface area contributed by atoms with Crippen LogP contribution in [0.2, 0.25) is 0 Å². The summed E-state index contributed by atoms with van der Waals surface area (Å²) in [6.45, 7) is 8.61. The van der Waals surface area contributed by atoms with E-state index in [1.54, 1.807) is 6.07 Å². The molecule has 1 N–H and O–H groups in total. The highest BCUT2D eigenvalue weighted by atomic mass is 16.5. The topological polar surface area (TPSA) is 68.7 Å². The highest BCUT2D eigenvalue weighted by Gasteiger charge is 2.11. The number of hydrogen-bond acceptors (Lipinski definition) is 4. The molecule has 0 aliphatic carbocycles. The SMILES string of the molecule is CC(C)OCCOc1cc(C(=O)O)cc(C(C)C)n1. The van der Waals surface area contributed by atoms with Crippen LogP contribution in [0.4, 0.5) is 0 Å². The summed E-state index contributed by atoms with van der Waals surface area (Å²) in [6, 6.07) is 3.01. The van der Waals surface area contributed by atoms with Gasteiger partial charge in [0.2, 0.25) is 5.88 Å². The summed E-state index contributed by atoms with van der Waals surface area (Å²) in [5.74, 6) is -0.503. The second-order valence-electron chi connectivity index (χ2n) is 4.85. The van der Waals surface area contributed by atoms with E-state index in [1.165, 1.54) is 6.07 Å². The van der Waals surface area contributed by atoms with Gasteiger partial charge >= 0.3 is 5.97 Å². The first-order valence-electron chi connectivity index (χ1n) is 6.39. The first kappa shape index (κ1) is 15.4. The van der Waals surface area contributed by atoms with E-state index in [0.29, 0.717) is 24.8 Å². The van der Waals surface area contributed by atoms with Gasteiger partial charge in [0.25, 0.3) is 0 Å². The number of rotatable bonds is 7. The number of carboxylic acids is 1. The lowest BCUT2D eigenvalue weighted by atomic mass is 10.1. The van der Waals surface area contributed by atoms with Crippen molar-refractivity contribution in [1.29, 1.82) is 0 Å². The van der Waals surface area contributed by atoms with Crippen molar-refractivity contribution >= 4 is 5.97 Å². The van der Waals surface area contributed by atoms with Crippen molar-refractivity contribution in [3.8, 4) is 5.88 Å². The van der Waals surface area contributed by atoms with Gasteiger partial charge in [-0.2, -0.15) is 0 Å². The molecule has 0 amide bonds. The molecular formula is C14H21NO4. The smallest absolute Gasteiger partial charge is 0.335 e. The fourth-order valence-corrected chi connectivity index (χ4v) is 1.45. The average Bonchev–Trinajstić information content (AvgIpc) is 2.34. The minimum absolute atomic E-state index is 0.146. The summed E-state index contributed by atoms with van der Waals surface area (Å²) in [6.07, 6.45) is 0.146. The molecule has 0 aliphatic heterocycles. The average molecular weight is 267 g/mol. The number of aromatic nitrogens is 1. The number of carbonyl (C=O) groups is 1. The molecule has 0 atom stereocenters. The molecule has 0 spiro atoms. The van der Waals surface area contributed by atoms with Crippen LogP contribution >= 0.6 is 0 Å². The Labute approximate surface area is 113 Å². The molecule has 1 heterocycles. The maximum Gasteiger partial charge on any atom is 0.335 e. The van der Waals surface area contributed by atoms with Crippen LogP contribution in [0.15, 0.2) is 12.1 Å². The number of ether oxygens (including phenoxy) is 2. The van der Waals surface area contributed by atoms with Crippen LogP contribution in [0, 0.1) is 0 Å². The van der Waals surface area contributed by atoms with E-state index >= 15 is 0 Å². The fraction of sp³-hybridized carbons (Fsp3) is 0.571. The molecule has 0 aliphatic rings. The van der Waals surface area contributed by atoms with Crippen molar-refractivity contribution in [3.63, 3.8) is 0 Å². The van der Waals surface area contributed by atoms with Gasteiger partial charge in [-0.25, -0.2) is 9.78 Å². The molecule has 0 saturated carbocycles. The van der Waals surface area contributed by atoms with Gasteiger partial charge in [-0.15, -0.1) is 0 Å². The molecule has 0 aromatic carbocycles. The molecule has 5 heteroatoms. The maximum absolute atomic E-state index is 11.0. The van der Waals surface area contributed by atoms with Crippen LogP contribution in [-0.2, 0) is 4.74 Å². The van der Waals surface area contributed by atoms with Crippen LogP contribution in [-0.4, -0.2) is 35.4 Å². The van der Waals surface area contributed by atoms with E-state index in [1.807, 2.05) is 27.7 Å². The molecular weight excluding hydrogens is 246 g/mol. The number of carboxylic acid groups (broad SMARTS) is 1. The largest absolute Gasteiger partial charge is 0.478 e. The maximum atomic E-state index is 11.0. The van der Waals surface area contributed by atoms with Crippen LogP contribution < -0.4 is 4.74 Å². The predicted octanol–water partition coefficient (Wildman–Crippen LogP) is 2.71. The molecule has 0 radical (unpaired) electrons. The highest BCUT2D eigenvalue weighted by Crippen LogP contribution is 2.19. The third kappa shape index (κ3) is 5.26. The quantitative estimate of drug-likeness (QED) is 0.769. The zero-order chi connectivity index (χ0) is 14.4. The monoisotopic (exact) mass is 267 g/mol. The van der Waals surface area contributed by atoms with Crippen LogP contribution in [0.5, 0.6) is 5.88 Å². The van der Waals surface area contributed by atoms with Crippen molar-refractivity contribution in [2.75, 3.05) is 13.2 Å². The molecule has 0 unspecified atom stereocenters. The van der Waals surface area contributed by atoms with Gasteiger partial charge in [-0.3, -0.25) is 0 Å². The summed E-state index contributed by atoms with van der Waals surface area (Å²) in [5.41, 5.74) is 0.901. The summed E-state index contributed by atoms with van der Waals surface area (Å²) in [4.78, 5) is 15.3. The number of hydrogen-bond donors (Lipinski definition) is 1. The third-order valence-electron chi connectivity index (χ3n) is 2.44. The third-order valence-corrected chi connectivity index (χ3v) is 2.44. The second kappa shape index (κ2) is 7.09. The predicted molar refractivity (Wildman–Crippen MR) is 71.9 cm³/mol. The lowest BCUT2D eigenvalue weighted by molar-refractivity contribution is 0.0541. The number of pyridine rings is 1. The van der Waals surface area contributed by atoms with Gasteiger partial charge in [0.15, 0.2) is 0 Å².